The summed E-state index contributed by atoms with van der Waals surface area (Å²) in [4.78, 5) is 9.33. The van der Waals surface area contributed by atoms with E-state index in [0.717, 1.165) is 16.8 Å². The zero-order valence-corrected chi connectivity index (χ0v) is 19.3. The molecule has 34 heavy (non-hydrogen) atoms. The molecule has 0 atom stereocenters. The standard InChI is InChI=1S/C27H22N4O2S/c1-19-11-13-20(14-12-19)21-15-17-22(18-16-21)28-26-27(30-25-10-6-5-9-24(25)29-26)31-34(32,33)23-7-3-2-4-8-23/h2-18H,1H3,(H,28,29)(H,30,31). The molecule has 1 aromatic heterocycles. The van der Waals surface area contributed by atoms with Gasteiger partial charge in [-0.25, -0.2) is 18.4 Å². The van der Waals surface area contributed by atoms with Crippen LogP contribution in [0.4, 0.5) is 17.3 Å². The van der Waals surface area contributed by atoms with E-state index < -0.39 is 10.0 Å². The van der Waals surface area contributed by atoms with Gasteiger partial charge in [-0.2, -0.15) is 0 Å². The van der Waals surface area contributed by atoms with Gasteiger partial charge in [-0.1, -0.05) is 72.3 Å². The zero-order chi connectivity index (χ0) is 23.5. The summed E-state index contributed by atoms with van der Waals surface area (Å²) in [5, 5.41) is 3.23. The molecule has 0 radical (unpaired) electrons. The van der Waals surface area contributed by atoms with Crippen molar-refractivity contribution in [1.29, 1.82) is 0 Å². The van der Waals surface area contributed by atoms with Gasteiger partial charge >= 0.3 is 0 Å². The highest BCUT2D eigenvalue weighted by molar-refractivity contribution is 7.92. The summed E-state index contributed by atoms with van der Waals surface area (Å²) in [6.07, 6.45) is 0. The molecule has 0 saturated heterocycles. The van der Waals surface area contributed by atoms with Gasteiger partial charge in [-0.05, 0) is 54.4 Å². The zero-order valence-electron chi connectivity index (χ0n) is 18.4. The number of nitrogens with zero attached hydrogens (tertiary/aromatic N) is 2. The number of aryl methyl sites for hydroxylation is 1. The molecular formula is C27H22N4O2S. The molecule has 0 aliphatic rings. The molecule has 5 aromatic rings. The lowest BCUT2D eigenvalue weighted by molar-refractivity contribution is 0.601. The predicted molar refractivity (Wildman–Crippen MR) is 137 cm³/mol. The molecule has 0 saturated carbocycles. The minimum absolute atomic E-state index is 0.130. The fourth-order valence-electron chi connectivity index (χ4n) is 3.57. The van der Waals surface area contributed by atoms with Crippen LogP contribution < -0.4 is 10.0 Å². The summed E-state index contributed by atoms with van der Waals surface area (Å²) in [5.74, 6) is 0.450. The van der Waals surface area contributed by atoms with E-state index in [2.05, 4.69) is 51.2 Å². The number of nitrogens with one attached hydrogen (secondary N) is 2. The fraction of sp³-hybridized carbons (Fsp3) is 0.0370. The number of fused-ring (bicyclic) bond motifs is 1. The summed E-state index contributed by atoms with van der Waals surface area (Å²) in [5.41, 5.74) is 5.43. The number of sulfonamides is 1. The van der Waals surface area contributed by atoms with Crippen LogP contribution >= 0.6 is 0 Å². The predicted octanol–water partition coefficient (Wildman–Crippen LogP) is 6.15. The van der Waals surface area contributed by atoms with Crippen LogP contribution in [0.3, 0.4) is 0 Å². The molecule has 0 spiro atoms. The second-order valence-corrected chi connectivity index (χ2v) is 9.58. The minimum Gasteiger partial charge on any atom is -0.337 e. The first-order chi connectivity index (χ1) is 16.5. The first kappa shape index (κ1) is 21.6. The second-order valence-electron chi connectivity index (χ2n) is 7.90. The highest BCUT2D eigenvalue weighted by atomic mass is 32.2. The lowest BCUT2D eigenvalue weighted by Crippen LogP contribution is -2.16. The molecule has 0 amide bonds. The third kappa shape index (κ3) is 4.60. The van der Waals surface area contributed by atoms with Gasteiger partial charge in [-0.15, -0.1) is 0 Å². The second kappa shape index (κ2) is 8.96. The van der Waals surface area contributed by atoms with Crippen LogP contribution in [0.25, 0.3) is 22.2 Å². The number of rotatable bonds is 6. The first-order valence-corrected chi connectivity index (χ1v) is 12.2. The smallest absolute Gasteiger partial charge is 0.263 e. The molecular weight excluding hydrogens is 444 g/mol. The van der Waals surface area contributed by atoms with Crippen LogP contribution in [0.15, 0.2) is 108 Å². The Labute approximate surface area is 198 Å². The quantitative estimate of drug-likeness (QED) is 0.314. The number of benzene rings is 4. The maximum Gasteiger partial charge on any atom is 0.263 e. The van der Waals surface area contributed by atoms with E-state index in [1.165, 1.54) is 17.7 Å². The molecule has 0 unspecified atom stereocenters. The third-order valence-corrected chi connectivity index (χ3v) is 6.74. The maximum absolute atomic E-state index is 13.0. The van der Waals surface area contributed by atoms with Gasteiger partial charge < -0.3 is 5.32 Å². The Morgan fingerprint density at radius 1 is 0.618 bits per heavy atom. The molecule has 2 N–H and O–H groups in total. The summed E-state index contributed by atoms with van der Waals surface area (Å²) in [6.45, 7) is 2.06. The van der Waals surface area contributed by atoms with Crippen molar-refractivity contribution >= 4 is 38.4 Å². The molecule has 0 bridgehead atoms. The monoisotopic (exact) mass is 466 g/mol. The van der Waals surface area contributed by atoms with Gasteiger partial charge in [0.15, 0.2) is 11.6 Å². The van der Waals surface area contributed by atoms with Crippen molar-refractivity contribution < 1.29 is 8.42 Å². The van der Waals surface area contributed by atoms with Crippen molar-refractivity contribution in [3.63, 3.8) is 0 Å². The molecule has 0 aliphatic heterocycles. The highest BCUT2D eigenvalue weighted by Crippen LogP contribution is 2.28. The van der Waals surface area contributed by atoms with E-state index in [1.807, 2.05) is 42.5 Å². The molecule has 4 aromatic carbocycles. The first-order valence-electron chi connectivity index (χ1n) is 10.8. The fourth-order valence-corrected chi connectivity index (χ4v) is 4.60. The minimum atomic E-state index is -3.84. The molecule has 168 valence electrons. The Morgan fingerprint density at radius 3 is 1.76 bits per heavy atom. The van der Waals surface area contributed by atoms with E-state index in [0.29, 0.717) is 16.9 Å². The Bertz CT molecular complexity index is 1550. The Hall–Kier alpha value is -4.23. The Balaban J connectivity index is 1.49. The number of para-hydroxylation sites is 2. The number of anilines is 3. The van der Waals surface area contributed by atoms with E-state index in [4.69, 9.17) is 0 Å². The van der Waals surface area contributed by atoms with Crippen LogP contribution in [-0.2, 0) is 10.0 Å². The highest BCUT2D eigenvalue weighted by Gasteiger charge is 2.18. The van der Waals surface area contributed by atoms with Gasteiger partial charge in [0.05, 0.1) is 15.9 Å². The molecule has 7 heteroatoms. The lowest BCUT2D eigenvalue weighted by Gasteiger charge is -2.14. The van der Waals surface area contributed by atoms with E-state index in [-0.39, 0.29) is 10.7 Å². The number of aromatic nitrogens is 2. The summed E-state index contributed by atoms with van der Waals surface area (Å²) < 4.78 is 28.5. The van der Waals surface area contributed by atoms with Crippen LogP contribution in [-0.4, -0.2) is 18.4 Å². The molecule has 1 heterocycles. The van der Waals surface area contributed by atoms with Gasteiger partial charge in [-0.3, -0.25) is 4.72 Å². The summed E-state index contributed by atoms with van der Waals surface area (Å²) in [6, 6.07) is 31.7. The Kier molecular flexibility index (Phi) is 5.69. The SMILES string of the molecule is Cc1ccc(-c2ccc(Nc3nc4ccccc4nc3NS(=O)(=O)c3ccccc3)cc2)cc1. The summed E-state index contributed by atoms with van der Waals surface area (Å²) in [7, 11) is -3.84. The van der Waals surface area contributed by atoms with E-state index >= 15 is 0 Å². The van der Waals surface area contributed by atoms with E-state index in [1.54, 1.807) is 24.3 Å². The largest absolute Gasteiger partial charge is 0.337 e. The summed E-state index contributed by atoms with van der Waals surface area (Å²) >= 11 is 0. The van der Waals surface area contributed by atoms with Crippen molar-refractivity contribution in [2.75, 3.05) is 10.0 Å². The molecule has 0 fully saturated rings. The maximum atomic E-state index is 13.0. The van der Waals surface area contributed by atoms with Crippen molar-refractivity contribution in [2.45, 2.75) is 11.8 Å². The van der Waals surface area contributed by atoms with Crippen LogP contribution in [0.1, 0.15) is 5.56 Å². The average molecular weight is 467 g/mol. The van der Waals surface area contributed by atoms with E-state index in [9.17, 15) is 8.42 Å². The average Bonchev–Trinajstić information content (AvgIpc) is 2.86. The number of hydrogen-bond acceptors (Lipinski definition) is 5. The molecule has 0 aliphatic carbocycles. The van der Waals surface area contributed by atoms with Crippen molar-refractivity contribution in [2.24, 2.45) is 0 Å². The van der Waals surface area contributed by atoms with Crippen molar-refractivity contribution in [3.8, 4) is 11.1 Å². The van der Waals surface area contributed by atoms with Crippen molar-refractivity contribution in [1.82, 2.24) is 9.97 Å². The topological polar surface area (TPSA) is 84.0 Å². The molecule has 5 rings (SSSR count). The van der Waals surface area contributed by atoms with Crippen LogP contribution in [0, 0.1) is 6.92 Å². The normalized spacial score (nSPS) is 11.3. The van der Waals surface area contributed by atoms with Crippen LogP contribution in [0.5, 0.6) is 0 Å². The van der Waals surface area contributed by atoms with Crippen LogP contribution in [0.2, 0.25) is 0 Å². The van der Waals surface area contributed by atoms with Gasteiger partial charge in [0, 0.05) is 5.69 Å². The number of hydrogen-bond donors (Lipinski definition) is 2. The Morgan fingerprint density at radius 2 is 1.15 bits per heavy atom. The van der Waals surface area contributed by atoms with Gasteiger partial charge in [0.2, 0.25) is 0 Å². The third-order valence-electron chi connectivity index (χ3n) is 5.39. The molecule has 6 nitrogen and oxygen atoms in total. The van der Waals surface area contributed by atoms with Gasteiger partial charge in [0.25, 0.3) is 10.0 Å². The van der Waals surface area contributed by atoms with Crippen molar-refractivity contribution in [3.05, 3.63) is 109 Å². The van der Waals surface area contributed by atoms with Gasteiger partial charge in [0.1, 0.15) is 0 Å². The lowest BCUT2D eigenvalue weighted by atomic mass is 10.0.